The maximum absolute atomic E-state index is 10.6. The minimum atomic E-state index is -0.681. The normalized spacial score (nSPS) is 19.2. The summed E-state index contributed by atoms with van der Waals surface area (Å²) in [6, 6.07) is 0. The van der Waals surface area contributed by atoms with Gasteiger partial charge in [0.25, 0.3) is 0 Å². The molecule has 1 aliphatic rings. The SMILES string of the molecule is CC(C)(O)CN.CC1CC(C)(C)NC(C)(C)C1.CCCC(=O)CCC. The number of rotatable bonds is 5. The van der Waals surface area contributed by atoms with Crippen molar-refractivity contribution in [2.24, 2.45) is 11.7 Å². The number of nitrogens with two attached hydrogens (primary N) is 1. The van der Waals surface area contributed by atoms with Crippen LogP contribution in [0.15, 0.2) is 0 Å². The first-order valence-electron chi connectivity index (χ1n) is 9.91. The fourth-order valence-electron chi connectivity index (χ4n) is 3.52. The van der Waals surface area contributed by atoms with Gasteiger partial charge >= 0.3 is 0 Å². The molecule has 0 aromatic heterocycles. The lowest BCUT2D eigenvalue weighted by molar-refractivity contribution is -0.119. The molecule has 0 radical (unpaired) electrons. The number of Topliss-reactive ketones (excluding diaryl/α,β-unsaturated/α-hetero) is 1. The second-order valence-electron chi connectivity index (χ2n) is 9.46. The third-order valence-electron chi connectivity index (χ3n) is 3.95. The molecule has 1 aliphatic heterocycles. The van der Waals surface area contributed by atoms with Crippen LogP contribution in [0.2, 0.25) is 0 Å². The van der Waals surface area contributed by atoms with Crippen LogP contribution in [0.4, 0.5) is 0 Å². The van der Waals surface area contributed by atoms with Crippen LogP contribution >= 0.6 is 0 Å². The maximum Gasteiger partial charge on any atom is 0.132 e. The Balaban J connectivity index is 0. The summed E-state index contributed by atoms with van der Waals surface area (Å²) in [6.07, 6.45) is 6.15. The molecule has 25 heavy (non-hydrogen) atoms. The van der Waals surface area contributed by atoms with Gasteiger partial charge in [-0.3, -0.25) is 4.79 Å². The van der Waals surface area contributed by atoms with Crippen molar-refractivity contribution in [3.05, 3.63) is 0 Å². The standard InChI is InChI=1S/C10H21N.C7H14O.C4H11NO/c1-8-6-9(2,3)11-10(4,5)7-8;1-3-5-7(8)6-4-2;1-4(2,6)3-5/h8,11H,6-7H2,1-5H3;3-6H2,1-2H3;6H,3,5H2,1-2H3. The Hall–Kier alpha value is -0.450. The summed E-state index contributed by atoms with van der Waals surface area (Å²) < 4.78 is 0. The highest BCUT2D eigenvalue weighted by atomic mass is 16.3. The van der Waals surface area contributed by atoms with Crippen molar-refractivity contribution in [2.75, 3.05) is 6.54 Å². The Morgan fingerprint density at radius 2 is 1.40 bits per heavy atom. The Morgan fingerprint density at radius 1 is 1.08 bits per heavy atom. The lowest BCUT2D eigenvalue weighted by atomic mass is 9.77. The largest absolute Gasteiger partial charge is 0.389 e. The maximum atomic E-state index is 10.6. The van der Waals surface area contributed by atoms with E-state index in [-0.39, 0.29) is 0 Å². The molecule has 0 aliphatic carbocycles. The molecular formula is C21H46N2O2. The van der Waals surface area contributed by atoms with Crippen molar-refractivity contribution < 1.29 is 9.90 Å². The molecule has 4 heteroatoms. The summed E-state index contributed by atoms with van der Waals surface area (Å²) in [4.78, 5) is 10.6. The van der Waals surface area contributed by atoms with Gasteiger partial charge in [-0.2, -0.15) is 0 Å². The molecule has 0 saturated carbocycles. The van der Waals surface area contributed by atoms with Crippen LogP contribution in [-0.2, 0) is 4.79 Å². The molecule has 0 aromatic carbocycles. The molecule has 0 unspecified atom stereocenters. The zero-order valence-electron chi connectivity index (χ0n) is 18.5. The Bertz CT molecular complexity index is 333. The summed E-state index contributed by atoms with van der Waals surface area (Å²) >= 11 is 0. The summed E-state index contributed by atoms with van der Waals surface area (Å²) in [5.41, 5.74) is 5.04. The quantitative estimate of drug-likeness (QED) is 0.679. The minimum Gasteiger partial charge on any atom is -0.389 e. The first-order valence-corrected chi connectivity index (χ1v) is 9.91. The third kappa shape index (κ3) is 18.1. The molecule has 0 bridgehead atoms. The molecule has 0 atom stereocenters. The van der Waals surface area contributed by atoms with Crippen LogP contribution in [0.5, 0.6) is 0 Å². The molecule has 1 fully saturated rings. The minimum absolute atomic E-state index is 0.326. The summed E-state index contributed by atoms with van der Waals surface area (Å²) in [5, 5.41) is 12.4. The van der Waals surface area contributed by atoms with E-state index in [2.05, 4.69) is 39.9 Å². The third-order valence-corrected chi connectivity index (χ3v) is 3.95. The van der Waals surface area contributed by atoms with Crippen LogP contribution < -0.4 is 11.1 Å². The van der Waals surface area contributed by atoms with Crippen molar-refractivity contribution in [2.45, 2.75) is 118 Å². The number of carbonyl (C=O) groups excluding carboxylic acids is 1. The van der Waals surface area contributed by atoms with Gasteiger partial charge in [0.05, 0.1) is 5.60 Å². The highest BCUT2D eigenvalue weighted by Crippen LogP contribution is 2.31. The van der Waals surface area contributed by atoms with Gasteiger partial charge in [0, 0.05) is 30.5 Å². The first kappa shape index (κ1) is 26.8. The number of hydrogen-bond donors (Lipinski definition) is 3. The average molecular weight is 359 g/mol. The molecule has 1 saturated heterocycles. The van der Waals surface area contributed by atoms with Crippen LogP contribution in [0.25, 0.3) is 0 Å². The number of ketones is 1. The predicted octanol–water partition coefficient (Wildman–Crippen LogP) is 4.43. The average Bonchev–Trinajstić information content (AvgIpc) is 2.35. The van der Waals surface area contributed by atoms with Gasteiger partial charge in [-0.1, -0.05) is 20.8 Å². The number of aliphatic hydroxyl groups is 1. The second kappa shape index (κ2) is 12.0. The number of nitrogens with one attached hydrogen (secondary N) is 1. The molecule has 4 nitrogen and oxygen atoms in total. The summed E-state index contributed by atoms with van der Waals surface area (Å²) in [7, 11) is 0. The molecule has 0 aromatic rings. The van der Waals surface area contributed by atoms with Gasteiger partial charge in [0.1, 0.15) is 5.78 Å². The molecule has 1 rings (SSSR count). The van der Waals surface area contributed by atoms with E-state index >= 15 is 0 Å². The van der Waals surface area contributed by atoms with Crippen molar-refractivity contribution in [3.8, 4) is 0 Å². The highest BCUT2D eigenvalue weighted by molar-refractivity contribution is 5.78. The van der Waals surface area contributed by atoms with E-state index in [9.17, 15) is 4.79 Å². The van der Waals surface area contributed by atoms with Gasteiger partial charge in [0.2, 0.25) is 0 Å². The van der Waals surface area contributed by atoms with E-state index in [0.717, 1.165) is 31.6 Å². The van der Waals surface area contributed by atoms with Gasteiger partial charge in [0.15, 0.2) is 0 Å². The highest BCUT2D eigenvalue weighted by Gasteiger charge is 2.35. The number of carbonyl (C=O) groups is 1. The van der Waals surface area contributed by atoms with Crippen molar-refractivity contribution >= 4 is 5.78 Å². The smallest absolute Gasteiger partial charge is 0.132 e. The molecule has 152 valence electrons. The number of hydrogen-bond acceptors (Lipinski definition) is 4. The van der Waals surface area contributed by atoms with Gasteiger partial charge in [-0.15, -0.1) is 0 Å². The van der Waals surface area contributed by atoms with E-state index < -0.39 is 5.60 Å². The van der Waals surface area contributed by atoms with Gasteiger partial charge < -0.3 is 16.2 Å². The first-order chi connectivity index (χ1) is 11.2. The zero-order chi connectivity index (χ0) is 20.3. The van der Waals surface area contributed by atoms with E-state index in [1.165, 1.54) is 12.8 Å². The van der Waals surface area contributed by atoms with Gasteiger partial charge in [-0.05, 0) is 73.1 Å². The van der Waals surface area contributed by atoms with Crippen molar-refractivity contribution in [3.63, 3.8) is 0 Å². The Kier molecular flexibility index (Phi) is 12.9. The van der Waals surface area contributed by atoms with Gasteiger partial charge in [-0.25, -0.2) is 0 Å². The second-order valence-corrected chi connectivity index (χ2v) is 9.46. The summed E-state index contributed by atoms with van der Waals surface area (Å²) in [6.45, 7) is 19.3. The Labute approximate surface area is 157 Å². The van der Waals surface area contributed by atoms with Crippen LogP contribution in [-0.4, -0.2) is 34.1 Å². The molecular weight excluding hydrogens is 312 g/mol. The topological polar surface area (TPSA) is 75.3 Å². The van der Waals surface area contributed by atoms with Crippen LogP contribution in [0, 0.1) is 5.92 Å². The molecule has 0 amide bonds. The van der Waals surface area contributed by atoms with Crippen LogP contribution in [0.1, 0.15) is 101 Å². The van der Waals surface area contributed by atoms with Crippen molar-refractivity contribution in [1.29, 1.82) is 0 Å². The lowest BCUT2D eigenvalue weighted by Gasteiger charge is -2.45. The lowest BCUT2D eigenvalue weighted by Crippen LogP contribution is -2.57. The van der Waals surface area contributed by atoms with E-state index in [4.69, 9.17) is 10.8 Å². The monoisotopic (exact) mass is 358 g/mol. The zero-order valence-corrected chi connectivity index (χ0v) is 18.5. The van der Waals surface area contributed by atoms with Crippen LogP contribution in [0.3, 0.4) is 0 Å². The molecule has 1 heterocycles. The van der Waals surface area contributed by atoms with E-state index in [0.29, 0.717) is 23.4 Å². The molecule has 4 N–H and O–H groups in total. The summed E-state index contributed by atoms with van der Waals surface area (Å²) in [5.74, 6) is 1.27. The van der Waals surface area contributed by atoms with Crippen molar-refractivity contribution in [1.82, 2.24) is 5.32 Å². The Morgan fingerprint density at radius 3 is 1.60 bits per heavy atom. The fraction of sp³-hybridized carbons (Fsp3) is 0.952. The number of piperidine rings is 1. The van der Waals surface area contributed by atoms with E-state index in [1.54, 1.807) is 13.8 Å². The fourth-order valence-corrected chi connectivity index (χ4v) is 3.52. The van der Waals surface area contributed by atoms with E-state index in [1.807, 2.05) is 13.8 Å². The molecule has 0 spiro atoms. The predicted molar refractivity (Wildman–Crippen MR) is 110 cm³/mol.